The van der Waals surface area contributed by atoms with Crippen molar-refractivity contribution in [2.75, 3.05) is 30.3 Å². The van der Waals surface area contributed by atoms with Crippen LogP contribution in [-0.2, 0) is 14.8 Å². The van der Waals surface area contributed by atoms with E-state index in [1.54, 1.807) is 36.4 Å². The molecule has 0 fully saturated rings. The number of hydrogen-bond acceptors (Lipinski definition) is 5. The Morgan fingerprint density at radius 1 is 1.00 bits per heavy atom. The lowest BCUT2D eigenvalue weighted by Crippen LogP contribution is -2.41. The number of halogens is 1. The van der Waals surface area contributed by atoms with Crippen molar-refractivity contribution in [1.29, 1.82) is 0 Å². The number of hydrogen-bond donors (Lipinski definition) is 1. The molecule has 6 nitrogen and oxygen atoms in total. The molecule has 0 unspecified atom stereocenters. The second-order valence-electron chi connectivity index (χ2n) is 7.18. The lowest BCUT2D eigenvalue weighted by Gasteiger charge is -2.24. The maximum atomic E-state index is 13.4. The molecule has 9 heteroatoms. The minimum atomic E-state index is -3.97. The van der Waals surface area contributed by atoms with Gasteiger partial charge in [0, 0.05) is 4.90 Å². The van der Waals surface area contributed by atoms with E-state index in [1.807, 2.05) is 13.2 Å². The van der Waals surface area contributed by atoms with E-state index in [1.165, 1.54) is 48.2 Å². The predicted octanol–water partition coefficient (Wildman–Crippen LogP) is 4.25. The Balaban J connectivity index is 1.70. The first kappa shape index (κ1) is 24.6. The number of anilines is 1. The Kier molecular flexibility index (Phi) is 8.35. The first-order chi connectivity index (χ1) is 15.8. The Morgan fingerprint density at radius 3 is 2.24 bits per heavy atom. The summed E-state index contributed by atoms with van der Waals surface area (Å²) in [6.45, 7) is 1.84. The largest absolute Gasteiger partial charge is 0.492 e. The summed E-state index contributed by atoms with van der Waals surface area (Å²) in [7, 11) is -3.97. The molecule has 0 aliphatic heterocycles. The highest BCUT2D eigenvalue weighted by molar-refractivity contribution is 7.98. The number of amides is 1. The number of sulfonamides is 1. The van der Waals surface area contributed by atoms with Crippen LogP contribution in [0.4, 0.5) is 10.1 Å². The molecule has 0 aliphatic rings. The number of aryl methyl sites for hydroxylation is 1. The molecule has 3 aromatic rings. The van der Waals surface area contributed by atoms with Crippen LogP contribution in [0.1, 0.15) is 5.56 Å². The summed E-state index contributed by atoms with van der Waals surface area (Å²) in [6, 6.07) is 19.0. The van der Waals surface area contributed by atoms with E-state index in [-0.39, 0.29) is 30.4 Å². The summed E-state index contributed by atoms with van der Waals surface area (Å²) in [5.41, 5.74) is 1.37. The third-order valence-corrected chi connectivity index (χ3v) is 7.29. The van der Waals surface area contributed by atoms with Gasteiger partial charge in [0.25, 0.3) is 10.0 Å². The molecular formula is C24H25FN2O4S2. The van der Waals surface area contributed by atoms with Crippen molar-refractivity contribution in [2.45, 2.75) is 16.7 Å². The molecule has 0 spiro atoms. The minimum Gasteiger partial charge on any atom is -0.492 e. The minimum absolute atomic E-state index is 0.105. The van der Waals surface area contributed by atoms with E-state index >= 15 is 0 Å². The Morgan fingerprint density at radius 2 is 1.64 bits per heavy atom. The van der Waals surface area contributed by atoms with Gasteiger partial charge in [-0.05, 0) is 73.8 Å². The third kappa shape index (κ3) is 6.72. The zero-order valence-electron chi connectivity index (χ0n) is 18.3. The van der Waals surface area contributed by atoms with Crippen LogP contribution < -0.4 is 14.4 Å². The van der Waals surface area contributed by atoms with Crippen LogP contribution in [0.3, 0.4) is 0 Å². The molecular weight excluding hydrogens is 463 g/mol. The molecule has 0 saturated carbocycles. The Labute approximate surface area is 197 Å². The summed E-state index contributed by atoms with van der Waals surface area (Å²) in [5.74, 6) is -0.359. The van der Waals surface area contributed by atoms with Crippen LogP contribution in [-0.4, -0.2) is 40.3 Å². The van der Waals surface area contributed by atoms with E-state index in [9.17, 15) is 17.6 Å². The van der Waals surface area contributed by atoms with Gasteiger partial charge in [-0.25, -0.2) is 12.8 Å². The number of nitrogens with one attached hydrogen (secondary N) is 1. The van der Waals surface area contributed by atoms with Crippen molar-refractivity contribution in [1.82, 2.24) is 5.32 Å². The predicted molar refractivity (Wildman–Crippen MR) is 129 cm³/mol. The molecule has 0 atom stereocenters. The van der Waals surface area contributed by atoms with Gasteiger partial charge < -0.3 is 10.1 Å². The van der Waals surface area contributed by atoms with E-state index in [2.05, 4.69) is 5.32 Å². The van der Waals surface area contributed by atoms with Crippen LogP contribution in [0.15, 0.2) is 82.6 Å². The highest BCUT2D eigenvalue weighted by atomic mass is 32.2. The monoisotopic (exact) mass is 488 g/mol. The topological polar surface area (TPSA) is 75.7 Å². The van der Waals surface area contributed by atoms with Gasteiger partial charge in [0.2, 0.25) is 5.91 Å². The van der Waals surface area contributed by atoms with Gasteiger partial charge in [-0.1, -0.05) is 17.7 Å². The summed E-state index contributed by atoms with van der Waals surface area (Å²) in [5, 5.41) is 2.67. The summed E-state index contributed by atoms with van der Waals surface area (Å²) in [6.07, 6.45) is 1.91. The maximum Gasteiger partial charge on any atom is 0.264 e. The molecule has 1 amide bonds. The van der Waals surface area contributed by atoms with Gasteiger partial charge in [0.15, 0.2) is 0 Å². The molecule has 0 heterocycles. The van der Waals surface area contributed by atoms with Crippen LogP contribution in [0.25, 0.3) is 0 Å². The molecule has 1 N–H and O–H groups in total. The van der Waals surface area contributed by atoms with Gasteiger partial charge in [-0.15, -0.1) is 11.8 Å². The molecule has 33 heavy (non-hydrogen) atoms. The van der Waals surface area contributed by atoms with Gasteiger partial charge in [0.05, 0.1) is 17.1 Å². The highest BCUT2D eigenvalue weighted by Gasteiger charge is 2.27. The molecule has 0 saturated heterocycles. The molecule has 0 aliphatic carbocycles. The third-order valence-electron chi connectivity index (χ3n) is 4.76. The number of thioether (sulfide) groups is 1. The van der Waals surface area contributed by atoms with Crippen molar-refractivity contribution in [3.63, 3.8) is 0 Å². The van der Waals surface area contributed by atoms with E-state index in [0.29, 0.717) is 11.4 Å². The van der Waals surface area contributed by atoms with Crippen molar-refractivity contribution < 1.29 is 22.3 Å². The number of nitrogens with zero attached hydrogens (tertiary/aromatic N) is 1. The quantitative estimate of drug-likeness (QED) is 0.341. The van der Waals surface area contributed by atoms with Crippen LogP contribution in [0, 0.1) is 12.7 Å². The van der Waals surface area contributed by atoms with Crippen LogP contribution in [0.2, 0.25) is 0 Å². The molecule has 0 radical (unpaired) electrons. The summed E-state index contributed by atoms with van der Waals surface area (Å²) in [4.78, 5) is 13.6. The molecule has 3 rings (SSSR count). The summed E-state index contributed by atoms with van der Waals surface area (Å²) >= 11 is 1.51. The zero-order valence-corrected chi connectivity index (χ0v) is 20.0. The fourth-order valence-electron chi connectivity index (χ4n) is 2.98. The average molecular weight is 489 g/mol. The van der Waals surface area contributed by atoms with Gasteiger partial charge in [-0.2, -0.15) is 0 Å². The number of benzene rings is 3. The fraction of sp³-hybridized carbons (Fsp3) is 0.208. The molecule has 3 aromatic carbocycles. The smallest absolute Gasteiger partial charge is 0.264 e. The first-order valence-electron chi connectivity index (χ1n) is 10.2. The first-order valence-corrected chi connectivity index (χ1v) is 12.8. The fourth-order valence-corrected chi connectivity index (χ4v) is 4.81. The van der Waals surface area contributed by atoms with Crippen molar-refractivity contribution in [3.8, 4) is 5.75 Å². The van der Waals surface area contributed by atoms with Crippen molar-refractivity contribution in [3.05, 3.63) is 84.2 Å². The van der Waals surface area contributed by atoms with Crippen molar-refractivity contribution in [2.24, 2.45) is 0 Å². The number of carbonyl (C=O) groups excluding carboxylic acids is 1. The number of ether oxygens (including phenoxy) is 1. The molecule has 0 aromatic heterocycles. The SMILES string of the molecule is CSc1ccc(S(=O)(=O)N(CC(=O)NCCOc2ccc(F)cc2)c2ccc(C)cc2)cc1. The molecule has 174 valence electrons. The van der Waals surface area contributed by atoms with Crippen LogP contribution in [0.5, 0.6) is 5.75 Å². The van der Waals surface area contributed by atoms with Gasteiger partial charge in [0.1, 0.15) is 24.7 Å². The molecule has 0 bridgehead atoms. The second kappa shape index (κ2) is 11.2. The van der Waals surface area contributed by atoms with E-state index in [0.717, 1.165) is 14.8 Å². The summed E-state index contributed by atoms with van der Waals surface area (Å²) < 4.78 is 46.3. The highest BCUT2D eigenvalue weighted by Crippen LogP contribution is 2.25. The lowest BCUT2D eigenvalue weighted by atomic mass is 10.2. The lowest BCUT2D eigenvalue weighted by molar-refractivity contribution is -0.119. The van der Waals surface area contributed by atoms with Crippen LogP contribution >= 0.6 is 11.8 Å². The Bertz CT molecular complexity index is 1170. The normalized spacial score (nSPS) is 11.1. The average Bonchev–Trinajstić information content (AvgIpc) is 2.82. The van der Waals surface area contributed by atoms with Gasteiger partial charge in [-0.3, -0.25) is 9.10 Å². The standard InChI is InChI=1S/C24H25FN2O4S2/c1-18-3-7-20(8-4-18)27(33(29,30)23-13-11-22(32-2)12-14-23)17-24(28)26-15-16-31-21-9-5-19(25)6-10-21/h3-14H,15-17H2,1-2H3,(H,26,28). The maximum absolute atomic E-state index is 13.4. The zero-order chi connectivity index (χ0) is 23.8. The van der Waals surface area contributed by atoms with E-state index in [4.69, 9.17) is 4.74 Å². The number of rotatable bonds is 10. The van der Waals surface area contributed by atoms with Gasteiger partial charge >= 0.3 is 0 Å². The Hall–Kier alpha value is -3.04. The van der Waals surface area contributed by atoms with E-state index < -0.39 is 15.9 Å². The second-order valence-corrected chi connectivity index (χ2v) is 9.92. The van der Waals surface area contributed by atoms with Crippen molar-refractivity contribution >= 4 is 33.4 Å². The number of carbonyl (C=O) groups is 1.